The maximum atomic E-state index is 12.5. The highest BCUT2D eigenvalue weighted by atomic mass is 35.5. The molecule has 1 aliphatic heterocycles. The minimum absolute atomic E-state index is 0. The van der Waals surface area contributed by atoms with Crippen LogP contribution in [0.5, 0.6) is 0 Å². The first-order chi connectivity index (χ1) is 11.3. The van der Waals surface area contributed by atoms with E-state index < -0.39 is 17.6 Å². The second kappa shape index (κ2) is 9.05. The second-order valence-electron chi connectivity index (χ2n) is 5.90. The van der Waals surface area contributed by atoms with Crippen molar-refractivity contribution in [2.75, 3.05) is 19.6 Å². The smallest absolute Gasteiger partial charge is 0.350 e. The Labute approximate surface area is 150 Å². The average molecular weight is 380 g/mol. The molecule has 140 valence electrons. The molecule has 9 heteroatoms. The Kier molecular flexibility index (Phi) is 7.69. The normalized spacial score (nSPS) is 20.3. The van der Waals surface area contributed by atoms with Gasteiger partial charge in [-0.15, -0.1) is 12.4 Å². The standard InChI is InChI=1S/C16H20F3N3O2.ClH/c1-10-6-7-20-8-13(10)22-14(23)9-21-15(24)11-2-4-12(5-3-11)16(17,18)19;/h2-5,10,13,20H,6-9H2,1H3,(H,21,24)(H,22,23);1H. The molecular formula is C16H21ClF3N3O2. The number of hydrogen-bond acceptors (Lipinski definition) is 3. The monoisotopic (exact) mass is 379 g/mol. The highest BCUT2D eigenvalue weighted by molar-refractivity contribution is 5.96. The number of piperidine rings is 1. The first-order valence-corrected chi connectivity index (χ1v) is 7.73. The fraction of sp³-hybridized carbons (Fsp3) is 0.500. The zero-order valence-corrected chi connectivity index (χ0v) is 14.5. The second-order valence-corrected chi connectivity index (χ2v) is 5.90. The van der Waals surface area contributed by atoms with E-state index >= 15 is 0 Å². The van der Waals surface area contributed by atoms with Crippen LogP contribution in [-0.4, -0.2) is 37.5 Å². The van der Waals surface area contributed by atoms with Gasteiger partial charge < -0.3 is 16.0 Å². The van der Waals surface area contributed by atoms with Crippen molar-refractivity contribution >= 4 is 24.2 Å². The molecule has 0 saturated carbocycles. The Bertz CT molecular complexity index is 593. The van der Waals surface area contributed by atoms with Crippen molar-refractivity contribution < 1.29 is 22.8 Å². The number of halogens is 4. The molecule has 25 heavy (non-hydrogen) atoms. The summed E-state index contributed by atoms with van der Waals surface area (Å²) in [5, 5.41) is 8.43. The van der Waals surface area contributed by atoms with Gasteiger partial charge >= 0.3 is 6.18 Å². The topological polar surface area (TPSA) is 70.2 Å². The molecule has 5 nitrogen and oxygen atoms in total. The van der Waals surface area contributed by atoms with E-state index in [1.807, 2.05) is 6.92 Å². The summed E-state index contributed by atoms with van der Waals surface area (Å²) in [6.45, 7) is 3.42. The summed E-state index contributed by atoms with van der Waals surface area (Å²) in [6.07, 6.45) is -3.48. The molecule has 1 saturated heterocycles. The Morgan fingerprint density at radius 2 is 1.88 bits per heavy atom. The number of amides is 2. The Balaban J connectivity index is 0.00000312. The van der Waals surface area contributed by atoms with Gasteiger partial charge in [-0.1, -0.05) is 6.92 Å². The molecular weight excluding hydrogens is 359 g/mol. The van der Waals surface area contributed by atoms with E-state index in [0.29, 0.717) is 12.5 Å². The van der Waals surface area contributed by atoms with Crippen LogP contribution < -0.4 is 16.0 Å². The molecule has 1 aromatic rings. The molecule has 0 bridgehead atoms. The number of nitrogens with one attached hydrogen (secondary N) is 3. The van der Waals surface area contributed by atoms with E-state index in [4.69, 9.17) is 0 Å². The molecule has 3 N–H and O–H groups in total. The number of benzene rings is 1. The van der Waals surface area contributed by atoms with Crippen molar-refractivity contribution in [3.05, 3.63) is 35.4 Å². The maximum Gasteiger partial charge on any atom is 0.416 e. The molecule has 1 aromatic carbocycles. The number of carbonyl (C=O) groups is 2. The Hall–Kier alpha value is -1.80. The van der Waals surface area contributed by atoms with Crippen LogP contribution in [0.25, 0.3) is 0 Å². The predicted octanol–water partition coefficient (Wildman–Crippen LogP) is 1.97. The lowest BCUT2D eigenvalue weighted by Crippen LogP contribution is -2.52. The molecule has 1 aliphatic rings. The third-order valence-electron chi connectivity index (χ3n) is 4.06. The SMILES string of the molecule is CC1CCNCC1NC(=O)CNC(=O)c1ccc(C(F)(F)F)cc1.Cl. The highest BCUT2D eigenvalue weighted by Gasteiger charge is 2.30. The predicted molar refractivity (Wildman–Crippen MR) is 89.6 cm³/mol. The van der Waals surface area contributed by atoms with Gasteiger partial charge in [0.05, 0.1) is 12.1 Å². The molecule has 1 heterocycles. The Morgan fingerprint density at radius 1 is 1.24 bits per heavy atom. The number of alkyl halides is 3. The van der Waals surface area contributed by atoms with Gasteiger partial charge in [-0.3, -0.25) is 9.59 Å². The third kappa shape index (κ3) is 6.21. The lowest BCUT2D eigenvalue weighted by Gasteiger charge is -2.30. The zero-order chi connectivity index (χ0) is 17.7. The van der Waals surface area contributed by atoms with Gasteiger partial charge in [-0.05, 0) is 43.1 Å². The largest absolute Gasteiger partial charge is 0.416 e. The van der Waals surface area contributed by atoms with Gasteiger partial charge in [-0.2, -0.15) is 13.2 Å². The Morgan fingerprint density at radius 3 is 2.44 bits per heavy atom. The van der Waals surface area contributed by atoms with Gasteiger partial charge in [0.1, 0.15) is 0 Å². The first kappa shape index (κ1) is 21.2. The summed E-state index contributed by atoms with van der Waals surface area (Å²) in [7, 11) is 0. The van der Waals surface area contributed by atoms with Gasteiger partial charge in [0.2, 0.25) is 5.91 Å². The van der Waals surface area contributed by atoms with Crippen LogP contribution in [0, 0.1) is 5.92 Å². The highest BCUT2D eigenvalue weighted by Crippen LogP contribution is 2.29. The fourth-order valence-corrected chi connectivity index (χ4v) is 2.51. The first-order valence-electron chi connectivity index (χ1n) is 7.73. The number of hydrogen-bond donors (Lipinski definition) is 3. The zero-order valence-electron chi connectivity index (χ0n) is 13.7. The summed E-state index contributed by atoms with van der Waals surface area (Å²) in [5.41, 5.74) is -0.751. The van der Waals surface area contributed by atoms with Crippen molar-refractivity contribution in [1.29, 1.82) is 0 Å². The minimum Gasteiger partial charge on any atom is -0.350 e. The van der Waals surface area contributed by atoms with E-state index in [1.54, 1.807) is 0 Å². The summed E-state index contributed by atoms with van der Waals surface area (Å²) in [4.78, 5) is 23.8. The van der Waals surface area contributed by atoms with Crippen LogP contribution in [0.3, 0.4) is 0 Å². The van der Waals surface area contributed by atoms with E-state index in [1.165, 1.54) is 0 Å². The van der Waals surface area contributed by atoms with Crippen molar-refractivity contribution in [3.8, 4) is 0 Å². The van der Waals surface area contributed by atoms with Gasteiger partial charge in [0.25, 0.3) is 5.91 Å². The lowest BCUT2D eigenvalue weighted by molar-refractivity contribution is -0.137. The summed E-state index contributed by atoms with van der Waals surface area (Å²) in [6, 6.07) is 3.86. The van der Waals surface area contributed by atoms with Gasteiger partial charge in [0.15, 0.2) is 0 Å². The molecule has 0 spiro atoms. The molecule has 2 rings (SSSR count). The van der Waals surface area contributed by atoms with Crippen molar-refractivity contribution in [3.63, 3.8) is 0 Å². The van der Waals surface area contributed by atoms with Crippen LogP contribution in [0.2, 0.25) is 0 Å². The quantitative estimate of drug-likeness (QED) is 0.749. The molecule has 0 aromatic heterocycles. The molecule has 2 amide bonds. The fourth-order valence-electron chi connectivity index (χ4n) is 2.51. The third-order valence-corrected chi connectivity index (χ3v) is 4.06. The van der Waals surface area contributed by atoms with E-state index in [9.17, 15) is 22.8 Å². The van der Waals surface area contributed by atoms with Gasteiger partial charge in [-0.25, -0.2) is 0 Å². The summed E-state index contributed by atoms with van der Waals surface area (Å²) < 4.78 is 37.4. The van der Waals surface area contributed by atoms with Crippen molar-refractivity contribution in [2.45, 2.75) is 25.6 Å². The lowest BCUT2D eigenvalue weighted by atomic mass is 9.95. The maximum absolute atomic E-state index is 12.5. The van der Waals surface area contributed by atoms with E-state index in [0.717, 1.165) is 37.2 Å². The van der Waals surface area contributed by atoms with Crippen molar-refractivity contribution in [1.82, 2.24) is 16.0 Å². The molecule has 1 fully saturated rings. The molecule has 2 unspecified atom stereocenters. The minimum atomic E-state index is -4.44. The number of carbonyl (C=O) groups excluding carboxylic acids is 2. The van der Waals surface area contributed by atoms with Crippen LogP contribution >= 0.6 is 12.4 Å². The van der Waals surface area contributed by atoms with Crippen LogP contribution in [0.4, 0.5) is 13.2 Å². The molecule has 0 radical (unpaired) electrons. The summed E-state index contributed by atoms with van der Waals surface area (Å²) >= 11 is 0. The summed E-state index contributed by atoms with van der Waals surface area (Å²) in [5.74, 6) is -0.565. The van der Waals surface area contributed by atoms with Gasteiger partial charge in [0, 0.05) is 18.2 Å². The molecule has 2 atom stereocenters. The van der Waals surface area contributed by atoms with Crippen LogP contribution in [0.1, 0.15) is 29.3 Å². The molecule has 0 aliphatic carbocycles. The van der Waals surface area contributed by atoms with Crippen molar-refractivity contribution in [2.24, 2.45) is 5.92 Å². The van der Waals surface area contributed by atoms with E-state index in [-0.39, 0.29) is 36.5 Å². The van der Waals surface area contributed by atoms with Crippen LogP contribution in [-0.2, 0) is 11.0 Å². The van der Waals surface area contributed by atoms with E-state index in [2.05, 4.69) is 16.0 Å². The average Bonchev–Trinajstić information content (AvgIpc) is 2.54. The number of rotatable bonds is 4. The van der Waals surface area contributed by atoms with Crippen LogP contribution in [0.15, 0.2) is 24.3 Å².